The number of hydrogen-bond acceptors (Lipinski definition) is 3. The summed E-state index contributed by atoms with van der Waals surface area (Å²) in [5.41, 5.74) is 2.51. The van der Waals surface area contributed by atoms with E-state index in [2.05, 4.69) is 24.0 Å². The highest BCUT2D eigenvalue weighted by atomic mass is 16.3. The molecular formula is C15H25N3O. The van der Waals surface area contributed by atoms with Crippen LogP contribution in [0, 0.1) is 13.8 Å². The summed E-state index contributed by atoms with van der Waals surface area (Å²) in [6, 6.07) is 1.05. The molecule has 1 N–H and O–H groups in total. The smallest absolute Gasteiger partial charge is 0.0961 e. The molecule has 0 saturated carbocycles. The Labute approximate surface area is 115 Å². The van der Waals surface area contributed by atoms with Crippen LogP contribution < -0.4 is 0 Å². The Morgan fingerprint density at radius 2 is 1.74 bits per heavy atom. The van der Waals surface area contributed by atoms with Crippen LogP contribution in [0.3, 0.4) is 0 Å². The fourth-order valence-corrected chi connectivity index (χ4v) is 4.30. The molecule has 2 bridgehead atoms. The van der Waals surface area contributed by atoms with Gasteiger partial charge in [-0.15, -0.1) is 0 Å². The van der Waals surface area contributed by atoms with Crippen molar-refractivity contribution in [3.05, 3.63) is 17.0 Å². The second-order valence-corrected chi connectivity index (χ2v) is 6.51. The molecule has 0 aliphatic carbocycles. The van der Waals surface area contributed by atoms with Crippen molar-refractivity contribution in [2.45, 2.75) is 63.6 Å². The fraction of sp³-hybridized carbons (Fsp3) is 0.800. The summed E-state index contributed by atoms with van der Waals surface area (Å²) in [6.07, 6.45) is 5.45. The van der Waals surface area contributed by atoms with Crippen LogP contribution >= 0.6 is 0 Å². The second-order valence-electron chi connectivity index (χ2n) is 6.51. The first-order chi connectivity index (χ1) is 8.92. The normalized spacial score (nSPS) is 35.6. The maximum Gasteiger partial charge on any atom is 0.0961 e. The maximum absolute atomic E-state index is 11.3. The Morgan fingerprint density at radius 3 is 2.21 bits per heavy atom. The molecule has 0 spiro atoms. The van der Waals surface area contributed by atoms with E-state index in [1.54, 1.807) is 0 Å². The SMILES string of the molecule is Cc1nn(C)c(C)c1C1(O)CC2CCCC(C1)N2C. The Kier molecular flexibility index (Phi) is 2.98. The van der Waals surface area contributed by atoms with Crippen molar-refractivity contribution in [1.29, 1.82) is 0 Å². The zero-order valence-electron chi connectivity index (χ0n) is 12.5. The lowest BCUT2D eigenvalue weighted by Crippen LogP contribution is -2.55. The van der Waals surface area contributed by atoms with E-state index in [1.165, 1.54) is 19.3 Å². The molecule has 19 heavy (non-hydrogen) atoms. The standard InChI is InChI=1S/C15H25N3O/c1-10-14(11(2)18(4)16-10)15(19)8-12-6-5-7-13(9-15)17(12)3/h12-13,19H,5-9H2,1-4H3. The molecule has 0 radical (unpaired) electrons. The number of piperidine rings is 2. The van der Waals surface area contributed by atoms with Crippen LogP contribution in [0.15, 0.2) is 0 Å². The van der Waals surface area contributed by atoms with Crippen LogP contribution in [-0.2, 0) is 12.6 Å². The van der Waals surface area contributed by atoms with E-state index in [1.807, 2.05) is 18.7 Å². The van der Waals surface area contributed by atoms with Gasteiger partial charge in [-0.25, -0.2) is 0 Å². The molecule has 3 heterocycles. The van der Waals surface area contributed by atoms with E-state index in [-0.39, 0.29) is 0 Å². The molecule has 106 valence electrons. The van der Waals surface area contributed by atoms with Gasteiger partial charge in [-0.3, -0.25) is 4.68 Å². The van der Waals surface area contributed by atoms with Gasteiger partial charge in [0.25, 0.3) is 0 Å². The summed E-state index contributed by atoms with van der Waals surface area (Å²) in [5.74, 6) is 0. The van der Waals surface area contributed by atoms with Crippen molar-refractivity contribution in [3.8, 4) is 0 Å². The van der Waals surface area contributed by atoms with Crippen LogP contribution in [0.5, 0.6) is 0 Å². The van der Waals surface area contributed by atoms with Crippen LogP contribution in [0.4, 0.5) is 0 Å². The molecular weight excluding hydrogens is 238 g/mol. The molecule has 3 rings (SSSR count). The van der Waals surface area contributed by atoms with Crippen molar-refractivity contribution in [2.24, 2.45) is 7.05 Å². The number of hydrogen-bond donors (Lipinski definition) is 1. The van der Waals surface area contributed by atoms with Crippen molar-refractivity contribution in [2.75, 3.05) is 7.05 Å². The van der Waals surface area contributed by atoms with Gasteiger partial charge in [-0.1, -0.05) is 6.42 Å². The van der Waals surface area contributed by atoms with Gasteiger partial charge >= 0.3 is 0 Å². The minimum absolute atomic E-state index is 0.525. The lowest BCUT2D eigenvalue weighted by atomic mass is 9.72. The molecule has 2 aliphatic rings. The molecule has 1 aromatic heterocycles. The minimum atomic E-state index is -0.676. The quantitative estimate of drug-likeness (QED) is 0.841. The molecule has 2 fully saturated rings. The lowest BCUT2D eigenvalue weighted by molar-refractivity contribution is -0.0881. The predicted octanol–water partition coefficient (Wildman–Crippen LogP) is 1.87. The van der Waals surface area contributed by atoms with Gasteiger partial charge in [0.15, 0.2) is 0 Å². The van der Waals surface area contributed by atoms with Gasteiger partial charge in [-0.05, 0) is 46.6 Å². The van der Waals surface area contributed by atoms with Gasteiger partial charge in [0, 0.05) is 30.4 Å². The molecule has 2 atom stereocenters. The van der Waals surface area contributed by atoms with Crippen LogP contribution in [0.2, 0.25) is 0 Å². The second kappa shape index (κ2) is 4.32. The molecule has 2 saturated heterocycles. The summed E-state index contributed by atoms with van der Waals surface area (Å²) < 4.78 is 1.90. The summed E-state index contributed by atoms with van der Waals surface area (Å²) in [7, 11) is 4.18. The fourth-order valence-electron chi connectivity index (χ4n) is 4.30. The van der Waals surface area contributed by atoms with E-state index >= 15 is 0 Å². The first-order valence-corrected chi connectivity index (χ1v) is 7.37. The Hall–Kier alpha value is -0.870. The van der Waals surface area contributed by atoms with Crippen molar-refractivity contribution in [1.82, 2.24) is 14.7 Å². The van der Waals surface area contributed by atoms with Crippen LogP contribution in [0.25, 0.3) is 0 Å². The number of nitrogens with zero attached hydrogens (tertiary/aromatic N) is 3. The summed E-state index contributed by atoms with van der Waals surface area (Å²) in [4.78, 5) is 2.49. The zero-order chi connectivity index (χ0) is 13.8. The molecule has 0 amide bonds. The summed E-state index contributed by atoms with van der Waals surface area (Å²) in [5, 5.41) is 15.7. The van der Waals surface area contributed by atoms with E-state index in [0.717, 1.165) is 29.8 Å². The van der Waals surface area contributed by atoms with Gasteiger partial charge in [0.05, 0.1) is 11.3 Å². The molecule has 0 aromatic carbocycles. The average molecular weight is 263 g/mol. The van der Waals surface area contributed by atoms with E-state index in [9.17, 15) is 5.11 Å². The molecule has 1 aromatic rings. The largest absolute Gasteiger partial charge is 0.385 e. The Morgan fingerprint density at radius 1 is 1.16 bits per heavy atom. The van der Waals surface area contributed by atoms with E-state index in [0.29, 0.717) is 12.1 Å². The predicted molar refractivity (Wildman–Crippen MR) is 75.0 cm³/mol. The van der Waals surface area contributed by atoms with Crippen molar-refractivity contribution < 1.29 is 5.11 Å². The number of aryl methyl sites for hydroxylation is 2. The third kappa shape index (κ3) is 1.93. The molecule has 4 heteroatoms. The van der Waals surface area contributed by atoms with Crippen molar-refractivity contribution in [3.63, 3.8) is 0 Å². The maximum atomic E-state index is 11.3. The number of fused-ring (bicyclic) bond motifs is 2. The van der Waals surface area contributed by atoms with Crippen LogP contribution in [0.1, 0.15) is 49.1 Å². The zero-order valence-corrected chi connectivity index (χ0v) is 12.5. The third-order valence-electron chi connectivity index (χ3n) is 5.35. The number of aliphatic hydroxyl groups is 1. The van der Waals surface area contributed by atoms with E-state index in [4.69, 9.17) is 0 Å². The number of rotatable bonds is 1. The summed E-state index contributed by atoms with van der Waals surface area (Å²) in [6.45, 7) is 4.09. The average Bonchev–Trinajstić information content (AvgIpc) is 2.56. The Balaban J connectivity index is 2.00. The Bertz CT molecular complexity index is 480. The van der Waals surface area contributed by atoms with E-state index < -0.39 is 5.60 Å². The lowest BCUT2D eigenvalue weighted by Gasteiger charge is -2.50. The first-order valence-electron chi connectivity index (χ1n) is 7.37. The van der Waals surface area contributed by atoms with Crippen molar-refractivity contribution >= 4 is 0 Å². The highest BCUT2D eigenvalue weighted by molar-refractivity contribution is 5.32. The van der Waals surface area contributed by atoms with Gasteiger partial charge < -0.3 is 10.0 Å². The topological polar surface area (TPSA) is 41.3 Å². The minimum Gasteiger partial charge on any atom is -0.385 e. The summed E-state index contributed by atoms with van der Waals surface area (Å²) >= 11 is 0. The monoisotopic (exact) mass is 263 g/mol. The third-order valence-corrected chi connectivity index (χ3v) is 5.35. The van der Waals surface area contributed by atoms with Crippen LogP contribution in [-0.4, -0.2) is 38.9 Å². The highest BCUT2D eigenvalue weighted by Crippen LogP contribution is 2.45. The highest BCUT2D eigenvalue weighted by Gasteiger charge is 2.46. The molecule has 2 aliphatic heterocycles. The first kappa shape index (κ1) is 13.1. The number of aromatic nitrogens is 2. The van der Waals surface area contributed by atoms with Gasteiger partial charge in [0.2, 0.25) is 0 Å². The van der Waals surface area contributed by atoms with Gasteiger partial charge in [-0.2, -0.15) is 5.10 Å². The van der Waals surface area contributed by atoms with Gasteiger partial charge in [0.1, 0.15) is 0 Å². The molecule has 4 nitrogen and oxygen atoms in total. The molecule has 2 unspecified atom stereocenters.